The number of amides is 2. The van der Waals surface area contributed by atoms with Crippen LogP contribution in [0.1, 0.15) is 31.2 Å². The number of carbonyl (C=O) groups is 2. The van der Waals surface area contributed by atoms with Crippen molar-refractivity contribution in [2.24, 2.45) is 5.92 Å². The molecule has 2 N–H and O–H groups in total. The summed E-state index contributed by atoms with van der Waals surface area (Å²) in [6.07, 6.45) is 0.838. The average molecular weight is 465 g/mol. The molecule has 1 fully saturated rings. The number of nitrogens with one attached hydrogen (secondary N) is 2. The highest BCUT2D eigenvalue weighted by Gasteiger charge is 2.35. The van der Waals surface area contributed by atoms with Crippen LogP contribution in [0, 0.1) is 19.8 Å². The Morgan fingerprint density at radius 3 is 2.41 bits per heavy atom. The van der Waals surface area contributed by atoms with E-state index in [0.717, 1.165) is 0 Å². The van der Waals surface area contributed by atoms with Gasteiger partial charge in [-0.3, -0.25) is 9.59 Å². The van der Waals surface area contributed by atoms with Crippen molar-refractivity contribution < 1.29 is 27.3 Å². The van der Waals surface area contributed by atoms with Crippen LogP contribution < -0.4 is 15.4 Å². The van der Waals surface area contributed by atoms with E-state index in [0.29, 0.717) is 36.5 Å². The van der Waals surface area contributed by atoms with E-state index in [2.05, 4.69) is 15.8 Å². The fourth-order valence-corrected chi connectivity index (χ4v) is 5.37. The van der Waals surface area contributed by atoms with E-state index in [9.17, 15) is 18.0 Å². The normalized spacial score (nSPS) is 15.3. The van der Waals surface area contributed by atoms with Crippen LogP contribution in [0.25, 0.3) is 0 Å². The minimum Gasteiger partial charge on any atom is -0.484 e. The number of carbonyl (C=O) groups excluding carboxylic acids is 2. The largest absolute Gasteiger partial charge is 0.484 e. The Kier molecular flexibility index (Phi) is 7.52. The van der Waals surface area contributed by atoms with Gasteiger partial charge in [0, 0.05) is 31.2 Å². The Morgan fingerprint density at radius 1 is 1.19 bits per heavy atom. The van der Waals surface area contributed by atoms with Gasteiger partial charge in [0.2, 0.25) is 15.9 Å². The Hall–Kier alpha value is -2.92. The fourth-order valence-electron chi connectivity index (χ4n) is 3.61. The first kappa shape index (κ1) is 23.7. The molecule has 0 aliphatic carbocycles. The molecule has 0 saturated carbocycles. The maximum absolute atomic E-state index is 12.9. The molecule has 11 heteroatoms. The summed E-state index contributed by atoms with van der Waals surface area (Å²) < 4.78 is 37.6. The van der Waals surface area contributed by atoms with Crippen LogP contribution in [0.3, 0.4) is 0 Å². The monoisotopic (exact) mass is 464 g/mol. The molecule has 3 rings (SSSR count). The van der Waals surface area contributed by atoms with Crippen molar-refractivity contribution in [3.05, 3.63) is 35.7 Å². The molecule has 2 amide bonds. The first-order valence-corrected chi connectivity index (χ1v) is 11.9. The van der Waals surface area contributed by atoms with Crippen LogP contribution in [0.4, 0.5) is 5.69 Å². The molecule has 0 atom stereocenters. The van der Waals surface area contributed by atoms with Crippen LogP contribution in [0.5, 0.6) is 5.75 Å². The Labute approximate surface area is 187 Å². The molecule has 1 aliphatic heterocycles. The Balaban J connectivity index is 1.52. The maximum atomic E-state index is 12.9. The summed E-state index contributed by atoms with van der Waals surface area (Å²) >= 11 is 0. The van der Waals surface area contributed by atoms with Gasteiger partial charge in [-0.2, -0.15) is 4.31 Å². The molecule has 1 saturated heterocycles. The number of rotatable bonds is 8. The van der Waals surface area contributed by atoms with Gasteiger partial charge in [-0.15, -0.1) is 0 Å². The van der Waals surface area contributed by atoms with Crippen molar-refractivity contribution >= 4 is 27.5 Å². The molecule has 0 unspecified atom stereocenters. The standard InChI is InChI=1S/C21H28N4O6S/c1-4-22-19(26)13-30-18-7-5-17(6-8-18)23-21(27)16-9-11-25(12-10-16)32(28,29)20-14(2)24-31-15(20)3/h5-8,16H,4,9-13H2,1-3H3,(H,22,26)(H,23,27). The van der Waals surface area contributed by atoms with Gasteiger partial charge in [-0.1, -0.05) is 5.16 Å². The van der Waals surface area contributed by atoms with Crippen molar-refractivity contribution in [3.63, 3.8) is 0 Å². The van der Waals surface area contributed by atoms with E-state index >= 15 is 0 Å². The van der Waals surface area contributed by atoms with Crippen LogP contribution >= 0.6 is 0 Å². The second-order valence-electron chi connectivity index (χ2n) is 7.59. The first-order chi connectivity index (χ1) is 15.2. The molecule has 0 spiro atoms. The van der Waals surface area contributed by atoms with Gasteiger partial charge in [-0.25, -0.2) is 8.42 Å². The van der Waals surface area contributed by atoms with Gasteiger partial charge in [0.15, 0.2) is 12.4 Å². The molecule has 1 aromatic carbocycles. The third-order valence-corrected chi connectivity index (χ3v) is 7.40. The number of sulfonamides is 1. The molecule has 2 aromatic rings. The van der Waals surface area contributed by atoms with Crippen LogP contribution in [0.15, 0.2) is 33.7 Å². The van der Waals surface area contributed by atoms with E-state index in [-0.39, 0.29) is 48.1 Å². The summed E-state index contributed by atoms with van der Waals surface area (Å²) in [7, 11) is -3.71. The minimum absolute atomic E-state index is 0.0744. The van der Waals surface area contributed by atoms with E-state index < -0.39 is 10.0 Å². The number of hydrogen-bond donors (Lipinski definition) is 2. The number of anilines is 1. The molecular weight excluding hydrogens is 436 g/mol. The lowest BCUT2D eigenvalue weighted by molar-refractivity contribution is -0.123. The lowest BCUT2D eigenvalue weighted by Crippen LogP contribution is -2.41. The summed E-state index contributed by atoms with van der Waals surface area (Å²) in [5.41, 5.74) is 0.937. The molecular formula is C21H28N4O6S. The van der Waals surface area contributed by atoms with Crippen molar-refractivity contribution in [2.45, 2.75) is 38.5 Å². The lowest BCUT2D eigenvalue weighted by atomic mass is 9.97. The van der Waals surface area contributed by atoms with Crippen molar-refractivity contribution in [2.75, 3.05) is 31.6 Å². The smallest absolute Gasteiger partial charge is 0.257 e. The maximum Gasteiger partial charge on any atom is 0.257 e. The van der Waals surface area contributed by atoms with Gasteiger partial charge in [0.25, 0.3) is 5.91 Å². The quantitative estimate of drug-likeness (QED) is 0.609. The zero-order valence-corrected chi connectivity index (χ0v) is 19.2. The molecule has 32 heavy (non-hydrogen) atoms. The lowest BCUT2D eigenvalue weighted by Gasteiger charge is -2.30. The van der Waals surface area contributed by atoms with Crippen molar-refractivity contribution in [1.29, 1.82) is 0 Å². The molecule has 1 aromatic heterocycles. The number of benzene rings is 1. The summed E-state index contributed by atoms with van der Waals surface area (Å²) in [5, 5.41) is 9.23. The third-order valence-electron chi connectivity index (χ3n) is 5.26. The number of aryl methyl sites for hydroxylation is 2. The predicted octanol–water partition coefficient (Wildman–Crippen LogP) is 1.85. The van der Waals surface area contributed by atoms with E-state index in [4.69, 9.17) is 9.26 Å². The summed E-state index contributed by atoms with van der Waals surface area (Å²) in [6.45, 7) is 5.96. The van der Waals surface area contributed by atoms with Crippen molar-refractivity contribution in [3.8, 4) is 5.75 Å². The number of nitrogens with zero attached hydrogens (tertiary/aromatic N) is 2. The summed E-state index contributed by atoms with van der Waals surface area (Å²) in [6, 6.07) is 6.74. The number of hydrogen-bond acceptors (Lipinski definition) is 7. The topological polar surface area (TPSA) is 131 Å². The van der Waals surface area contributed by atoms with Gasteiger partial charge < -0.3 is 19.9 Å². The average Bonchev–Trinajstić information content (AvgIpc) is 3.12. The predicted molar refractivity (Wildman–Crippen MR) is 117 cm³/mol. The van der Waals surface area contributed by atoms with Gasteiger partial charge in [-0.05, 0) is 57.9 Å². The zero-order valence-electron chi connectivity index (χ0n) is 18.4. The third kappa shape index (κ3) is 5.46. The minimum atomic E-state index is -3.71. The van der Waals surface area contributed by atoms with Crippen LogP contribution in [0.2, 0.25) is 0 Å². The second kappa shape index (κ2) is 10.1. The Bertz CT molecular complexity index is 1040. The van der Waals surface area contributed by atoms with E-state index in [1.54, 1.807) is 38.1 Å². The van der Waals surface area contributed by atoms with Crippen LogP contribution in [-0.4, -0.2) is 55.9 Å². The van der Waals surface area contributed by atoms with Gasteiger partial charge >= 0.3 is 0 Å². The summed E-state index contributed by atoms with van der Waals surface area (Å²) in [5.74, 6) is 0.135. The fraction of sp³-hybridized carbons (Fsp3) is 0.476. The second-order valence-corrected chi connectivity index (χ2v) is 9.46. The van der Waals surface area contributed by atoms with Gasteiger partial charge in [0.1, 0.15) is 16.3 Å². The molecule has 10 nitrogen and oxygen atoms in total. The highest BCUT2D eigenvalue weighted by molar-refractivity contribution is 7.89. The molecule has 2 heterocycles. The summed E-state index contributed by atoms with van der Waals surface area (Å²) in [4.78, 5) is 24.2. The molecule has 1 aliphatic rings. The van der Waals surface area contributed by atoms with Crippen LogP contribution in [-0.2, 0) is 19.6 Å². The highest BCUT2D eigenvalue weighted by atomic mass is 32.2. The highest BCUT2D eigenvalue weighted by Crippen LogP contribution is 2.28. The van der Waals surface area contributed by atoms with E-state index in [1.165, 1.54) is 4.31 Å². The molecule has 0 radical (unpaired) electrons. The zero-order chi connectivity index (χ0) is 23.3. The van der Waals surface area contributed by atoms with Gasteiger partial charge in [0.05, 0.1) is 0 Å². The molecule has 174 valence electrons. The number of likely N-dealkylation sites (N-methyl/N-ethyl adjacent to an activating group) is 1. The molecule has 0 bridgehead atoms. The van der Waals surface area contributed by atoms with E-state index in [1.807, 2.05) is 6.92 Å². The Morgan fingerprint density at radius 2 is 1.84 bits per heavy atom. The number of piperidine rings is 1. The van der Waals surface area contributed by atoms with Crippen molar-refractivity contribution in [1.82, 2.24) is 14.8 Å². The SMILES string of the molecule is CCNC(=O)COc1ccc(NC(=O)C2CCN(S(=O)(=O)c3c(C)noc3C)CC2)cc1. The first-order valence-electron chi connectivity index (χ1n) is 10.5. The number of ether oxygens (including phenoxy) is 1. The number of aromatic nitrogens is 1.